The number of nitrogens with two attached hydrogens (primary N) is 1. The molecule has 2 rings (SSSR count). The van der Waals surface area contributed by atoms with E-state index in [4.69, 9.17) is 10.5 Å². The van der Waals surface area contributed by atoms with Gasteiger partial charge in [-0.05, 0) is 37.7 Å². The third kappa shape index (κ3) is 3.21. The normalized spacial score (nSPS) is 19.7. The van der Waals surface area contributed by atoms with Crippen molar-refractivity contribution in [3.05, 3.63) is 29.6 Å². The summed E-state index contributed by atoms with van der Waals surface area (Å²) in [5.41, 5.74) is 6.59. The van der Waals surface area contributed by atoms with Crippen molar-refractivity contribution in [3.63, 3.8) is 0 Å². The molecule has 1 heterocycles. The lowest BCUT2D eigenvalue weighted by atomic mass is 10.1. The minimum Gasteiger partial charge on any atom is -0.488 e. The maximum Gasteiger partial charge on any atom is 0.123 e. The van der Waals surface area contributed by atoms with E-state index in [1.54, 1.807) is 12.1 Å². The molecule has 0 spiro atoms. The molecule has 0 radical (unpaired) electrons. The highest BCUT2D eigenvalue weighted by molar-refractivity contribution is 5.37. The van der Waals surface area contributed by atoms with Crippen molar-refractivity contribution in [3.8, 4) is 5.75 Å². The van der Waals surface area contributed by atoms with Crippen LogP contribution in [0.3, 0.4) is 0 Å². The van der Waals surface area contributed by atoms with Crippen molar-refractivity contribution >= 4 is 0 Å². The molecule has 2 atom stereocenters. The molecule has 18 heavy (non-hydrogen) atoms. The summed E-state index contributed by atoms with van der Waals surface area (Å²) in [5.74, 6) is 1.11. The van der Waals surface area contributed by atoms with Crippen molar-refractivity contribution in [1.29, 1.82) is 0 Å². The summed E-state index contributed by atoms with van der Waals surface area (Å²) in [6.07, 6.45) is 0.908. The zero-order valence-corrected chi connectivity index (χ0v) is 11.0. The van der Waals surface area contributed by atoms with E-state index in [0.29, 0.717) is 12.5 Å². The first kappa shape index (κ1) is 13.3. The number of hydrogen-bond acceptors (Lipinski definition) is 3. The van der Waals surface area contributed by atoms with Crippen molar-refractivity contribution in [1.82, 2.24) is 4.90 Å². The van der Waals surface area contributed by atoms with Crippen molar-refractivity contribution in [2.75, 3.05) is 26.7 Å². The van der Waals surface area contributed by atoms with Gasteiger partial charge in [0, 0.05) is 25.1 Å². The lowest BCUT2D eigenvalue weighted by Gasteiger charge is -2.23. The first-order valence-electron chi connectivity index (χ1n) is 6.42. The first-order valence-corrected chi connectivity index (χ1v) is 6.42. The lowest BCUT2D eigenvalue weighted by Crippen LogP contribution is -2.36. The maximum atomic E-state index is 13.1. The third-order valence-electron chi connectivity index (χ3n) is 3.30. The molecule has 3 nitrogen and oxygen atoms in total. The molecule has 0 fully saturated rings. The van der Waals surface area contributed by atoms with Crippen LogP contribution in [0.25, 0.3) is 0 Å². The number of hydrogen-bond donors (Lipinski definition) is 1. The highest BCUT2D eigenvalue weighted by Crippen LogP contribution is 2.29. The summed E-state index contributed by atoms with van der Waals surface area (Å²) in [6.45, 7) is 4.64. The quantitative estimate of drug-likeness (QED) is 0.866. The van der Waals surface area contributed by atoms with E-state index in [2.05, 4.69) is 18.9 Å². The van der Waals surface area contributed by atoms with Gasteiger partial charge in [-0.3, -0.25) is 0 Å². The van der Waals surface area contributed by atoms with Gasteiger partial charge in [0.05, 0.1) is 0 Å². The van der Waals surface area contributed by atoms with Gasteiger partial charge < -0.3 is 15.4 Å². The Kier molecular flexibility index (Phi) is 4.19. The van der Waals surface area contributed by atoms with E-state index in [9.17, 15) is 4.39 Å². The average molecular weight is 252 g/mol. The van der Waals surface area contributed by atoms with E-state index in [-0.39, 0.29) is 11.9 Å². The molecule has 0 saturated carbocycles. The van der Waals surface area contributed by atoms with Gasteiger partial charge in [0.25, 0.3) is 0 Å². The van der Waals surface area contributed by atoms with E-state index in [1.807, 2.05) is 0 Å². The Hall–Kier alpha value is -1.13. The number of nitrogens with zero attached hydrogens (tertiary/aromatic N) is 1. The van der Waals surface area contributed by atoms with E-state index >= 15 is 0 Å². The molecule has 0 aliphatic carbocycles. The predicted molar refractivity (Wildman–Crippen MR) is 70.2 cm³/mol. The predicted octanol–water partition coefficient (Wildman–Crippen LogP) is 1.66. The minimum atomic E-state index is -0.192. The summed E-state index contributed by atoms with van der Waals surface area (Å²) in [5, 5.41) is 0. The second kappa shape index (κ2) is 5.67. The van der Waals surface area contributed by atoms with Gasteiger partial charge in [0.15, 0.2) is 0 Å². The first-order chi connectivity index (χ1) is 8.58. The fraction of sp³-hybridized carbons (Fsp3) is 0.571. The molecule has 1 aromatic rings. The fourth-order valence-corrected chi connectivity index (χ4v) is 2.42. The average Bonchev–Trinajstić information content (AvgIpc) is 2.69. The van der Waals surface area contributed by atoms with Crippen LogP contribution in [0.2, 0.25) is 0 Å². The second-order valence-electron chi connectivity index (χ2n) is 5.26. The largest absolute Gasteiger partial charge is 0.488 e. The Bertz CT molecular complexity index is 411. The highest BCUT2D eigenvalue weighted by Gasteiger charge is 2.24. The Balaban J connectivity index is 1.87. The summed E-state index contributed by atoms with van der Waals surface area (Å²) in [4.78, 5) is 2.23. The molecule has 1 aliphatic heterocycles. The molecular formula is C14H21FN2O. The summed E-state index contributed by atoms with van der Waals surface area (Å²) >= 11 is 0. The fourth-order valence-electron chi connectivity index (χ4n) is 2.42. The number of likely N-dealkylation sites (N-methyl/N-ethyl adjacent to an activating group) is 1. The van der Waals surface area contributed by atoms with Crippen LogP contribution in [0, 0.1) is 11.7 Å². The standard InChI is InChI=1S/C14H21FN2O/c1-10(7-16)8-17(2)9-13-6-11-5-12(15)3-4-14(11)18-13/h3-5,10,13H,6-9,16H2,1-2H3. The number of fused-ring (bicyclic) bond motifs is 1. The zero-order valence-electron chi connectivity index (χ0n) is 11.0. The third-order valence-corrected chi connectivity index (χ3v) is 3.30. The van der Waals surface area contributed by atoms with Crippen LogP contribution in [0.1, 0.15) is 12.5 Å². The Morgan fingerprint density at radius 2 is 2.33 bits per heavy atom. The van der Waals surface area contributed by atoms with Crippen molar-refractivity contribution in [2.45, 2.75) is 19.4 Å². The van der Waals surface area contributed by atoms with Crippen LogP contribution in [-0.4, -0.2) is 37.7 Å². The number of halogens is 1. The summed E-state index contributed by atoms with van der Waals surface area (Å²) in [6, 6.07) is 4.73. The topological polar surface area (TPSA) is 38.5 Å². The minimum absolute atomic E-state index is 0.122. The van der Waals surface area contributed by atoms with Crippen LogP contribution in [0.5, 0.6) is 5.75 Å². The van der Waals surface area contributed by atoms with Crippen LogP contribution in [-0.2, 0) is 6.42 Å². The zero-order chi connectivity index (χ0) is 13.1. The van der Waals surface area contributed by atoms with Crippen LogP contribution < -0.4 is 10.5 Å². The Morgan fingerprint density at radius 3 is 3.06 bits per heavy atom. The highest BCUT2D eigenvalue weighted by atomic mass is 19.1. The van der Waals surface area contributed by atoms with E-state index in [0.717, 1.165) is 30.8 Å². The van der Waals surface area contributed by atoms with Gasteiger partial charge in [-0.15, -0.1) is 0 Å². The van der Waals surface area contributed by atoms with Gasteiger partial charge >= 0.3 is 0 Å². The van der Waals surface area contributed by atoms with Crippen molar-refractivity contribution < 1.29 is 9.13 Å². The van der Waals surface area contributed by atoms with E-state index < -0.39 is 0 Å². The van der Waals surface area contributed by atoms with E-state index in [1.165, 1.54) is 6.07 Å². The monoisotopic (exact) mass is 252 g/mol. The molecule has 2 N–H and O–H groups in total. The van der Waals surface area contributed by atoms with Gasteiger partial charge in [-0.1, -0.05) is 6.92 Å². The molecule has 0 aromatic heterocycles. The molecule has 0 bridgehead atoms. The molecule has 100 valence electrons. The second-order valence-corrected chi connectivity index (χ2v) is 5.26. The van der Waals surface area contributed by atoms with Crippen LogP contribution in [0.4, 0.5) is 4.39 Å². The van der Waals surface area contributed by atoms with Crippen LogP contribution >= 0.6 is 0 Å². The Morgan fingerprint density at radius 1 is 1.56 bits per heavy atom. The van der Waals surface area contributed by atoms with Gasteiger partial charge in [0.1, 0.15) is 17.7 Å². The molecule has 4 heteroatoms. The summed E-state index contributed by atoms with van der Waals surface area (Å²) < 4.78 is 18.9. The smallest absolute Gasteiger partial charge is 0.123 e. The SMILES string of the molecule is CC(CN)CN(C)CC1Cc2cc(F)ccc2O1. The van der Waals surface area contributed by atoms with Gasteiger partial charge in [-0.25, -0.2) is 4.39 Å². The lowest BCUT2D eigenvalue weighted by molar-refractivity contribution is 0.159. The number of benzene rings is 1. The van der Waals surface area contributed by atoms with Crippen molar-refractivity contribution in [2.24, 2.45) is 11.7 Å². The molecule has 0 saturated heterocycles. The molecular weight excluding hydrogens is 231 g/mol. The molecule has 2 unspecified atom stereocenters. The molecule has 1 aliphatic rings. The molecule has 0 amide bonds. The number of ether oxygens (including phenoxy) is 1. The van der Waals surface area contributed by atoms with Gasteiger partial charge in [0.2, 0.25) is 0 Å². The summed E-state index contributed by atoms with van der Waals surface area (Å²) in [7, 11) is 2.07. The van der Waals surface area contributed by atoms with Gasteiger partial charge in [-0.2, -0.15) is 0 Å². The molecule has 1 aromatic carbocycles. The number of rotatable bonds is 5. The van der Waals surface area contributed by atoms with Crippen LogP contribution in [0.15, 0.2) is 18.2 Å². The Labute approximate surface area is 108 Å². The maximum absolute atomic E-state index is 13.1.